The number of anilines is 1. The number of aldehydes is 1. The molecule has 1 atom stereocenters. The molecule has 1 fully saturated rings. The highest BCUT2D eigenvalue weighted by molar-refractivity contribution is 6.21. The molecule has 1 aromatic carbocycles. The largest absolute Gasteiger partial charge is 0.303 e. The molecule has 2 rings (SSSR count). The standard InChI is InChI=1S/C15H17NO3/c1-10(2)13-9-14(18)16(15(13)19)12-5-3-11(4-6-12)7-8-17/h3-6,8,10,13H,7,9H2,1-2H3. The van der Waals surface area contributed by atoms with Crippen molar-refractivity contribution < 1.29 is 14.4 Å². The molecule has 1 aliphatic heterocycles. The van der Waals surface area contributed by atoms with Crippen molar-refractivity contribution in [2.24, 2.45) is 11.8 Å². The van der Waals surface area contributed by atoms with Crippen molar-refractivity contribution in [3.63, 3.8) is 0 Å². The van der Waals surface area contributed by atoms with E-state index in [0.29, 0.717) is 12.1 Å². The van der Waals surface area contributed by atoms with E-state index in [-0.39, 0.29) is 30.1 Å². The summed E-state index contributed by atoms with van der Waals surface area (Å²) >= 11 is 0. The first-order valence-corrected chi connectivity index (χ1v) is 6.44. The van der Waals surface area contributed by atoms with Crippen molar-refractivity contribution in [2.45, 2.75) is 26.7 Å². The van der Waals surface area contributed by atoms with E-state index in [1.54, 1.807) is 24.3 Å². The van der Waals surface area contributed by atoms with Crippen LogP contribution in [0.25, 0.3) is 0 Å². The molecular formula is C15H17NO3. The average molecular weight is 259 g/mol. The molecule has 1 saturated heterocycles. The van der Waals surface area contributed by atoms with E-state index >= 15 is 0 Å². The molecule has 4 nitrogen and oxygen atoms in total. The van der Waals surface area contributed by atoms with E-state index in [1.807, 2.05) is 13.8 Å². The van der Waals surface area contributed by atoms with Crippen molar-refractivity contribution in [3.8, 4) is 0 Å². The van der Waals surface area contributed by atoms with E-state index in [1.165, 1.54) is 4.90 Å². The van der Waals surface area contributed by atoms with Crippen LogP contribution in [0.4, 0.5) is 5.69 Å². The van der Waals surface area contributed by atoms with Gasteiger partial charge in [-0.25, -0.2) is 0 Å². The lowest BCUT2D eigenvalue weighted by Gasteiger charge is -2.16. The molecule has 1 aromatic rings. The summed E-state index contributed by atoms with van der Waals surface area (Å²) in [6.45, 7) is 3.90. The Labute approximate surface area is 112 Å². The molecule has 1 aliphatic rings. The van der Waals surface area contributed by atoms with Crippen LogP contribution >= 0.6 is 0 Å². The molecule has 2 amide bonds. The molecule has 1 heterocycles. The molecule has 0 aliphatic carbocycles. The lowest BCUT2D eigenvalue weighted by molar-refractivity contribution is -0.122. The fraction of sp³-hybridized carbons (Fsp3) is 0.400. The molecular weight excluding hydrogens is 242 g/mol. The van der Waals surface area contributed by atoms with E-state index in [0.717, 1.165) is 11.8 Å². The Hall–Kier alpha value is -1.97. The predicted octanol–water partition coefficient (Wildman–Crippen LogP) is 1.96. The first-order valence-electron chi connectivity index (χ1n) is 6.44. The Balaban J connectivity index is 2.24. The summed E-state index contributed by atoms with van der Waals surface area (Å²) in [4.78, 5) is 35.9. The van der Waals surface area contributed by atoms with Gasteiger partial charge in [0, 0.05) is 12.8 Å². The van der Waals surface area contributed by atoms with Gasteiger partial charge in [0.15, 0.2) is 0 Å². The van der Waals surface area contributed by atoms with E-state index in [2.05, 4.69) is 0 Å². The summed E-state index contributed by atoms with van der Waals surface area (Å²) in [7, 11) is 0. The fourth-order valence-corrected chi connectivity index (χ4v) is 2.32. The Morgan fingerprint density at radius 1 is 1.26 bits per heavy atom. The molecule has 0 bridgehead atoms. The summed E-state index contributed by atoms with van der Waals surface area (Å²) in [6.07, 6.45) is 1.46. The SMILES string of the molecule is CC(C)C1CC(=O)N(c2ccc(CC=O)cc2)C1=O. The van der Waals surface area contributed by atoms with Gasteiger partial charge in [-0.15, -0.1) is 0 Å². The van der Waals surface area contributed by atoms with Crippen LogP contribution in [0.2, 0.25) is 0 Å². The molecule has 0 aromatic heterocycles. The van der Waals surface area contributed by atoms with Crippen molar-refractivity contribution in [2.75, 3.05) is 4.90 Å². The van der Waals surface area contributed by atoms with Gasteiger partial charge in [-0.3, -0.25) is 14.5 Å². The van der Waals surface area contributed by atoms with Gasteiger partial charge in [0.1, 0.15) is 6.29 Å². The minimum absolute atomic E-state index is 0.122. The number of hydrogen-bond acceptors (Lipinski definition) is 3. The first kappa shape index (κ1) is 13.5. The molecule has 0 spiro atoms. The molecule has 0 N–H and O–H groups in total. The number of carbonyl (C=O) groups excluding carboxylic acids is 3. The lowest BCUT2D eigenvalue weighted by atomic mass is 9.94. The summed E-state index contributed by atoms with van der Waals surface area (Å²) in [5, 5.41) is 0. The van der Waals surface area contributed by atoms with E-state index in [9.17, 15) is 14.4 Å². The zero-order chi connectivity index (χ0) is 14.0. The third-order valence-corrected chi connectivity index (χ3v) is 3.50. The molecule has 4 heteroatoms. The van der Waals surface area contributed by atoms with Crippen LogP contribution in [0, 0.1) is 11.8 Å². The van der Waals surface area contributed by atoms with Crippen LogP contribution < -0.4 is 4.90 Å². The van der Waals surface area contributed by atoms with Crippen LogP contribution in [0.1, 0.15) is 25.8 Å². The van der Waals surface area contributed by atoms with Gasteiger partial charge in [0.25, 0.3) is 0 Å². The normalized spacial score (nSPS) is 19.3. The number of hydrogen-bond donors (Lipinski definition) is 0. The summed E-state index contributed by atoms with van der Waals surface area (Å²) in [5.74, 6) is -0.326. The fourth-order valence-electron chi connectivity index (χ4n) is 2.32. The number of amides is 2. The smallest absolute Gasteiger partial charge is 0.237 e. The number of carbonyl (C=O) groups is 3. The quantitative estimate of drug-likeness (QED) is 0.613. The van der Waals surface area contributed by atoms with E-state index < -0.39 is 0 Å². The summed E-state index contributed by atoms with van der Waals surface area (Å²) in [5.41, 5.74) is 1.46. The topological polar surface area (TPSA) is 54.5 Å². The van der Waals surface area contributed by atoms with Gasteiger partial charge in [-0.2, -0.15) is 0 Å². The summed E-state index contributed by atoms with van der Waals surface area (Å²) in [6, 6.07) is 6.98. The third kappa shape index (κ3) is 2.57. The Bertz CT molecular complexity index is 505. The van der Waals surface area contributed by atoms with Crippen LogP contribution in [0.15, 0.2) is 24.3 Å². The summed E-state index contributed by atoms with van der Waals surface area (Å²) < 4.78 is 0. The molecule has 19 heavy (non-hydrogen) atoms. The van der Waals surface area contributed by atoms with Crippen LogP contribution in [0.5, 0.6) is 0 Å². The second-order valence-corrected chi connectivity index (χ2v) is 5.16. The Kier molecular flexibility index (Phi) is 3.79. The molecule has 0 saturated carbocycles. The number of nitrogens with zero attached hydrogens (tertiary/aromatic N) is 1. The Morgan fingerprint density at radius 3 is 2.37 bits per heavy atom. The van der Waals surface area contributed by atoms with Crippen molar-refractivity contribution in [3.05, 3.63) is 29.8 Å². The minimum Gasteiger partial charge on any atom is -0.303 e. The predicted molar refractivity (Wildman–Crippen MR) is 71.6 cm³/mol. The maximum absolute atomic E-state index is 12.2. The van der Waals surface area contributed by atoms with Crippen LogP contribution in [-0.4, -0.2) is 18.1 Å². The maximum atomic E-state index is 12.2. The van der Waals surface area contributed by atoms with Gasteiger partial charge in [0.2, 0.25) is 11.8 Å². The Morgan fingerprint density at radius 2 is 1.89 bits per heavy atom. The second kappa shape index (κ2) is 5.34. The average Bonchev–Trinajstić information content (AvgIpc) is 2.67. The molecule has 1 unspecified atom stereocenters. The van der Waals surface area contributed by atoms with Crippen molar-refractivity contribution >= 4 is 23.8 Å². The zero-order valence-electron chi connectivity index (χ0n) is 11.1. The molecule has 100 valence electrons. The highest BCUT2D eigenvalue weighted by atomic mass is 16.2. The number of imide groups is 1. The van der Waals surface area contributed by atoms with Gasteiger partial charge in [0.05, 0.1) is 11.6 Å². The third-order valence-electron chi connectivity index (χ3n) is 3.50. The number of benzene rings is 1. The highest BCUT2D eigenvalue weighted by Gasteiger charge is 2.40. The highest BCUT2D eigenvalue weighted by Crippen LogP contribution is 2.30. The maximum Gasteiger partial charge on any atom is 0.237 e. The molecule has 0 radical (unpaired) electrons. The van der Waals surface area contributed by atoms with Crippen molar-refractivity contribution in [1.82, 2.24) is 0 Å². The minimum atomic E-state index is -0.220. The van der Waals surface area contributed by atoms with Crippen LogP contribution in [-0.2, 0) is 20.8 Å². The monoisotopic (exact) mass is 259 g/mol. The van der Waals surface area contributed by atoms with Gasteiger partial charge >= 0.3 is 0 Å². The number of rotatable bonds is 4. The van der Waals surface area contributed by atoms with Crippen molar-refractivity contribution in [1.29, 1.82) is 0 Å². The second-order valence-electron chi connectivity index (χ2n) is 5.16. The first-order chi connectivity index (χ1) is 9.04. The van der Waals surface area contributed by atoms with Gasteiger partial charge in [-0.1, -0.05) is 26.0 Å². The lowest BCUT2D eigenvalue weighted by Crippen LogP contribution is -2.31. The van der Waals surface area contributed by atoms with Crippen LogP contribution in [0.3, 0.4) is 0 Å². The van der Waals surface area contributed by atoms with Gasteiger partial charge < -0.3 is 4.79 Å². The zero-order valence-corrected chi connectivity index (χ0v) is 11.1. The van der Waals surface area contributed by atoms with E-state index in [4.69, 9.17) is 0 Å². The van der Waals surface area contributed by atoms with Gasteiger partial charge in [-0.05, 0) is 23.6 Å².